The van der Waals surface area contributed by atoms with Gasteiger partial charge in [-0.05, 0) is 24.1 Å². The van der Waals surface area contributed by atoms with Crippen molar-refractivity contribution >= 4 is 17.2 Å². The van der Waals surface area contributed by atoms with Gasteiger partial charge in [-0.2, -0.15) is 0 Å². The van der Waals surface area contributed by atoms with Crippen molar-refractivity contribution in [2.45, 2.75) is 24.6 Å². The van der Waals surface area contributed by atoms with E-state index in [1.165, 1.54) is 15.3 Å². The molecule has 2 aromatic rings. The molecule has 0 saturated carbocycles. The Kier molecular flexibility index (Phi) is 3.71. The average molecular weight is 328 g/mol. The van der Waals surface area contributed by atoms with Crippen LogP contribution in [0.5, 0.6) is 0 Å². The number of hydrogen-bond acceptors (Lipinski definition) is 4. The van der Waals surface area contributed by atoms with Gasteiger partial charge in [0.15, 0.2) is 0 Å². The highest BCUT2D eigenvalue weighted by molar-refractivity contribution is 7.15. The molecule has 1 aromatic heterocycles. The molecule has 1 aromatic carbocycles. The smallest absolute Gasteiger partial charge is 0.220 e. The van der Waals surface area contributed by atoms with Gasteiger partial charge in [0.25, 0.3) is 0 Å². The summed E-state index contributed by atoms with van der Waals surface area (Å²) in [6, 6.07) is 14.7. The Labute approximate surface area is 140 Å². The molecule has 23 heavy (non-hydrogen) atoms. The number of hydrogen-bond donors (Lipinski definition) is 1. The molecule has 5 heteroatoms. The number of carbonyl (C=O) groups is 1. The Morgan fingerprint density at radius 2 is 2.00 bits per heavy atom. The molecule has 1 atom stereocenters. The highest BCUT2D eigenvalue weighted by Crippen LogP contribution is 2.40. The van der Waals surface area contributed by atoms with Gasteiger partial charge in [-0.25, -0.2) is 0 Å². The standard InChI is InChI=1S/C18H20N2O2S/c1-22-17(20-11-18(12-20)10-9-16(21)19-18)15-8-7-14(23-15)13-5-3-2-4-6-13/h2-8,17H,9-12H2,1H3,(H,19,21). The van der Waals surface area contributed by atoms with E-state index < -0.39 is 0 Å². The van der Waals surface area contributed by atoms with Crippen LogP contribution in [0.1, 0.15) is 23.9 Å². The largest absolute Gasteiger partial charge is 0.361 e. The topological polar surface area (TPSA) is 41.6 Å². The third-order valence-electron chi connectivity index (χ3n) is 4.73. The zero-order valence-corrected chi connectivity index (χ0v) is 13.9. The summed E-state index contributed by atoms with van der Waals surface area (Å²) in [5.41, 5.74) is 1.23. The number of rotatable bonds is 4. The van der Waals surface area contributed by atoms with Gasteiger partial charge in [0.05, 0.1) is 5.54 Å². The van der Waals surface area contributed by atoms with Crippen LogP contribution in [0.4, 0.5) is 0 Å². The lowest BCUT2D eigenvalue weighted by atomic mass is 9.88. The van der Waals surface area contributed by atoms with Gasteiger partial charge in [-0.3, -0.25) is 9.69 Å². The Bertz CT molecular complexity index is 707. The Morgan fingerprint density at radius 1 is 1.22 bits per heavy atom. The first kappa shape index (κ1) is 14.9. The third kappa shape index (κ3) is 2.69. The van der Waals surface area contributed by atoms with Crippen LogP contribution in [0.15, 0.2) is 42.5 Å². The number of ether oxygens (including phenoxy) is 1. The van der Waals surface area contributed by atoms with Crippen LogP contribution in [0.25, 0.3) is 10.4 Å². The predicted octanol–water partition coefficient (Wildman–Crippen LogP) is 3.02. The summed E-state index contributed by atoms with van der Waals surface area (Å²) >= 11 is 1.77. The van der Waals surface area contributed by atoms with E-state index in [4.69, 9.17) is 4.74 Å². The molecule has 2 aliphatic heterocycles. The molecule has 4 rings (SSSR count). The van der Waals surface area contributed by atoms with E-state index in [-0.39, 0.29) is 17.7 Å². The Morgan fingerprint density at radius 3 is 2.65 bits per heavy atom. The molecule has 2 fully saturated rings. The number of carbonyl (C=O) groups excluding carboxylic acids is 1. The van der Waals surface area contributed by atoms with Crippen molar-refractivity contribution in [3.63, 3.8) is 0 Å². The molecule has 0 radical (unpaired) electrons. The van der Waals surface area contributed by atoms with Gasteiger partial charge in [0.2, 0.25) is 5.91 Å². The highest BCUT2D eigenvalue weighted by Gasteiger charge is 2.50. The molecule has 1 N–H and O–H groups in total. The number of nitrogens with zero attached hydrogens (tertiary/aromatic N) is 1. The van der Waals surface area contributed by atoms with E-state index in [0.29, 0.717) is 6.42 Å². The fourth-order valence-electron chi connectivity index (χ4n) is 3.60. The van der Waals surface area contributed by atoms with Gasteiger partial charge in [-0.1, -0.05) is 30.3 Å². The number of likely N-dealkylation sites (tertiary alicyclic amines) is 1. The molecule has 4 nitrogen and oxygen atoms in total. The van der Waals surface area contributed by atoms with Crippen LogP contribution >= 0.6 is 11.3 Å². The molecule has 1 unspecified atom stereocenters. The molecule has 3 heterocycles. The van der Waals surface area contributed by atoms with Gasteiger partial charge in [-0.15, -0.1) is 11.3 Å². The minimum Gasteiger partial charge on any atom is -0.361 e. The molecule has 1 spiro atoms. The van der Waals surface area contributed by atoms with Crippen molar-refractivity contribution in [2.24, 2.45) is 0 Å². The van der Waals surface area contributed by atoms with Gasteiger partial charge in [0, 0.05) is 36.4 Å². The quantitative estimate of drug-likeness (QED) is 0.938. The fraction of sp³-hybridized carbons (Fsp3) is 0.389. The molecule has 0 bridgehead atoms. The Hall–Kier alpha value is -1.69. The number of thiophene rings is 1. The van der Waals surface area contributed by atoms with E-state index in [1.54, 1.807) is 18.4 Å². The maximum absolute atomic E-state index is 11.5. The zero-order valence-electron chi connectivity index (χ0n) is 13.1. The van der Waals surface area contributed by atoms with E-state index in [9.17, 15) is 4.79 Å². The van der Waals surface area contributed by atoms with Crippen LogP contribution in [0, 0.1) is 0 Å². The normalized spacial score (nSPS) is 21.2. The summed E-state index contributed by atoms with van der Waals surface area (Å²) in [5, 5.41) is 3.13. The van der Waals surface area contributed by atoms with Crippen molar-refractivity contribution in [3.8, 4) is 10.4 Å². The van der Waals surface area contributed by atoms with Crippen molar-refractivity contribution in [1.82, 2.24) is 10.2 Å². The SMILES string of the molecule is COC(c1ccc(-c2ccccc2)s1)N1CC2(CCC(=O)N2)C1. The second-order valence-corrected chi connectivity index (χ2v) is 7.50. The van der Waals surface area contributed by atoms with E-state index >= 15 is 0 Å². The summed E-state index contributed by atoms with van der Waals surface area (Å²) in [5.74, 6) is 0.182. The Balaban J connectivity index is 1.49. The zero-order chi connectivity index (χ0) is 15.9. The van der Waals surface area contributed by atoms with Gasteiger partial charge >= 0.3 is 0 Å². The number of benzene rings is 1. The fourth-order valence-corrected chi connectivity index (χ4v) is 4.72. The summed E-state index contributed by atoms with van der Waals surface area (Å²) in [7, 11) is 1.75. The monoisotopic (exact) mass is 328 g/mol. The first-order valence-electron chi connectivity index (χ1n) is 7.92. The van der Waals surface area contributed by atoms with Crippen molar-refractivity contribution in [2.75, 3.05) is 20.2 Å². The number of amides is 1. The average Bonchev–Trinajstić information content (AvgIpc) is 3.16. The second kappa shape index (κ2) is 5.74. The minimum atomic E-state index is -0.0272. The van der Waals surface area contributed by atoms with E-state index in [1.807, 2.05) is 6.07 Å². The van der Waals surface area contributed by atoms with Crippen LogP contribution in [0.3, 0.4) is 0 Å². The van der Waals surface area contributed by atoms with Crippen molar-refractivity contribution < 1.29 is 9.53 Å². The summed E-state index contributed by atoms with van der Waals surface area (Å²) < 4.78 is 5.74. The van der Waals surface area contributed by atoms with E-state index in [0.717, 1.165) is 19.5 Å². The molecule has 0 aliphatic carbocycles. The first-order chi connectivity index (χ1) is 11.2. The van der Waals surface area contributed by atoms with Gasteiger partial charge < -0.3 is 10.1 Å². The lowest BCUT2D eigenvalue weighted by molar-refractivity contribution is -0.125. The predicted molar refractivity (Wildman–Crippen MR) is 91.2 cm³/mol. The van der Waals surface area contributed by atoms with E-state index in [2.05, 4.69) is 46.6 Å². The lowest BCUT2D eigenvalue weighted by Gasteiger charge is -2.50. The number of nitrogens with one attached hydrogen (secondary N) is 1. The van der Waals surface area contributed by atoms with Crippen LogP contribution in [0.2, 0.25) is 0 Å². The van der Waals surface area contributed by atoms with Crippen LogP contribution in [-0.4, -0.2) is 36.5 Å². The molecular weight excluding hydrogens is 308 g/mol. The van der Waals surface area contributed by atoms with Crippen molar-refractivity contribution in [3.05, 3.63) is 47.3 Å². The third-order valence-corrected chi connectivity index (χ3v) is 5.90. The first-order valence-corrected chi connectivity index (χ1v) is 8.74. The summed E-state index contributed by atoms with van der Waals surface area (Å²) in [6.07, 6.45) is 1.57. The number of methoxy groups -OCH3 is 1. The summed E-state index contributed by atoms with van der Waals surface area (Å²) in [4.78, 5) is 16.2. The molecule has 1 amide bonds. The van der Waals surface area contributed by atoms with Crippen LogP contribution in [-0.2, 0) is 9.53 Å². The lowest BCUT2D eigenvalue weighted by Crippen LogP contribution is -2.67. The molecule has 2 aliphatic rings. The molecule has 120 valence electrons. The molecular formula is C18H20N2O2S. The summed E-state index contributed by atoms with van der Waals surface area (Å²) in [6.45, 7) is 1.74. The van der Waals surface area contributed by atoms with Crippen molar-refractivity contribution in [1.29, 1.82) is 0 Å². The maximum Gasteiger partial charge on any atom is 0.220 e. The second-order valence-electron chi connectivity index (χ2n) is 6.39. The highest BCUT2D eigenvalue weighted by atomic mass is 32.1. The molecule has 2 saturated heterocycles. The minimum absolute atomic E-state index is 0.00656. The van der Waals surface area contributed by atoms with Gasteiger partial charge in [0.1, 0.15) is 6.23 Å². The maximum atomic E-state index is 11.5. The van der Waals surface area contributed by atoms with Crippen LogP contribution < -0.4 is 5.32 Å².